The maximum Gasteiger partial charge on any atom is 0.162 e. The lowest BCUT2D eigenvalue weighted by Gasteiger charge is -2.02. The fourth-order valence-corrected chi connectivity index (χ4v) is 1.10. The minimum Gasteiger partial charge on any atom is -0.294 e. The van der Waals surface area contributed by atoms with Gasteiger partial charge in [0.25, 0.3) is 0 Å². The predicted octanol–water partition coefficient (Wildman–Crippen LogP) is 2.75. The minimum atomic E-state index is -0.568. The molecule has 0 unspecified atom stereocenters. The van der Waals surface area contributed by atoms with Gasteiger partial charge in [-0.05, 0) is 5.56 Å². The second-order valence-electron chi connectivity index (χ2n) is 2.57. The van der Waals surface area contributed by atoms with Gasteiger partial charge >= 0.3 is 0 Å². The van der Waals surface area contributed by atoms with Gasteiger partial charge in [0.2, 0.25) is 0 Å². The maximum absolute atomic E-state index is 12.3. The standard InChI is InChI=1S/C10H11FO/c1-2-10(12)9-6-4-3-5-8(9)7-11/h3-6H,2,7H2,1H3. The SMILES string of the molecule is CCC(=O)c1ccccc1CF. The van der Waals surface area contributed by atoms with Gasteiger partial charge in [0.15, 0.2) is 5.78 Å². The zero-order valence-electron chi connectivity index (χ0n) is 7.01. The second kappa shape index (κ2) is 4.00. The Morgan fingerprint density at radius 2 is 2.08 bits per heavy atom. The van der Waals surface area contributed by atoms with Crippen LogP contribution in [0.2, 0.25) is 0 Å². The van der Waals surface area contributed by atoms with Crippen LogP contribution < -0.4 is 0 Å². The zero-order chi connectivity index (χ0) is 8.97. The molecule has 0 saturated carbocycles. The average molecular weight is 166 g/mol. The molecule has 1 aromatic rings. The van der Waals surface area contributed by atoms with Crippen LogP contribution in [0.15, 0.2) is 24.3 Å². The molecule has 0 radical (unpaired) electrons. The number of rotatable bonds is 3. The van der Waals surface area contributed by atoms with Crippen molar-refractivity contribution in [1.29, 1.82) is 0 Å². The zero-order valence-corrected chi connectivity index (χ0v) is 7.01. The Bertz CT molecular complexity index is 281. The summed E-state index contributed by atoms with van der Waals surface area (Å²) in [5, 5.41) is 0. The Balaban J connectivity index is 3.04. The molecule has 64 valence electrons. The van der Waals surface area contributed by atoms with E-state index in [1.54, 1.807) is 31.2 Å². The molecule has 0 spiro atoms. The average Bonchev–Trinajstić information content (AvgIpc) is 2.16. The summed E-state index contributed by atoms with van der Waals surface area (Å²) >= 11 is 0. The number of carbonyl (C=O) groups excluding carboxylic acids is 1. The number of halogens is 1. The predicted molar refractivity (Wildman–Crippen MR) is 45.9 cm³/mol. The van der Waals surface area contributed by atoms with Crippen LogP contribution in [0.25, 0.3) is 0 Å². The van der Waals surface area contributed by atoms with E-state index >= 15 is 0 Å². The van der Waals surface area contributed by atoms with Crippen molar-refractivity contribution in [3.05, 3.63) is 35.4 Å². The van der Waals surface area contributed by atoms with Crippen molar-refractivity contribution in [2.24, 2.45) is 0 Å². The van der Waals surface area contributed by atoms with Crippen molar-refractivity contribution in [1.82, 2.24) is 0 Å². The van der Waals surface area contributed by atoms with Crippen molar-refractivity contribution < 1.29 is 9.18 Å². The molecule has 1 nitrogen and oxygen atoms in total. The van der Waals surface area contributed by atoms with E-state index in [1.165, 1.54) is 0 Å². The number of hydrogen-bond acceptors (Lipinski definition) is 1. The van der Waals surface area contributed by atoms with Gasteiger partial charge in [0.05, 0.1) is 0 Å². The maximum atomic E-state index is 12.3. The molecular formula is C10H11FO. The van der Waals surface area contributed by atoms with Crippen molar-refractivity contribution in [2.45, 2.75) is 20.0 Å². The molecule has 0 heterocycles. The Kier molecular flexibility index (Phi) is 2.97. The highest BCUT2D eigenvalue weighted by Crippen LogP contribution is 2.11. The van der Waals surface area contributed by atoms with Crippen LogP contribution in [-0.2, 0) is 6.67 Å². The van der Waals surface area contributed by atoms with Gasteiger partial charge in [-0.3, -0.25) is 4.79 Å². The van der Waals surface area contributed by atoms with E-state index < -0.39 is 6.67 Å². The van der Waals surface area contributed by atoms with Gasteiger partial charge in [0.1, 0.15) is 6.67 Å². The first-order valence-corrected chi connectivity index (χ1v) is 3.96. The Labute approximate surface area is 71.2 Å². The summed E-state index contributed by atoms with van der Waals surface area (Å²) in [5.41, 5.74) is 1.01. The number of Topliss-reactive ketones (excluding diaryl/α,β-unsaturated/α-hetero) is 1. The quantitative estimate of drug-likeness (QED) is 0.631. The third-order valence-electron chi connectivity index (χ3n) is 1.78. The summed E-state index contributed by atoms with van der Waals surface area (Å²) in [6.07, 6.45) is 0.428. The lowest BCUT2D eigenvalue weighted by molar-refractivity contribution is 0.0986. The molecule has 0 aromatic heterocycles. The molecule has 0 amide bonds. The lowest BCUT2D eigenvalue weighted by Crippen LogP contribution is -2.00. The molecule has 1 aromatic carbocycles. The first-order chi connectivity index (χ1) is 5.79. The molecule has 2 heteroatoms. The monoisotopic (exact) mass is 166 g/mol. The van der Waals surface area contributed by atoms with E-state index in [4.69, 9.17) is 0 Å². The van der Waals surface area contributed by atoms with E-state index in [2.05, 4.69) is 0 Å². The lowest BCUT2D eigenvalue weighted by atomic mass is 10.0. The van der Waals surface area contributed by atoms with Gasteiger partial charge in [0, 0.05) is 12.0 Å². The summed E-state index contributed by atoms with van der Waals surface area (Å²) in [6.45, 7) is 1.21. The Morgan fingerprint density at radius 1 is 1.42 bits per heavy atom. The Morgan fingerprint density at radius 3 is 2.67 bits per heavy atom. The van der Waals surface area contributed by atoms with Crippen LogP contribution in [0.4, 0.5) is 4.39 Å². The molecule has 0 saturated heterocycles. The highest BCUT2D eigenvalue weighted by atomic mass is 19.1. The molecule has 12 heavy (non-hydrogen) atoms. The first-order valence-electron chi connectivity index (χ1n) is 3.96. The number of alkyl halides is 1. The summed E-state index contributed by atoms with van der Waals surface area (Å²) in [4.78, 5) is 11.2. The van der Waals surface area contributed by atoms with Gasteiger partial charge in [-0.2, -0.15) is 0 Å². The van der Waals surface area contributed by atoms with Crippen LogP contribution in [0.5, 0.6) is 0 Å². The fraction of sp³-hybridized carbons (Fsp3) is 0.300. The van der Waals surface area contributed by atoms with Crippen molar-refractivity contribution in [3.8, 4) is 0 Å². The van der Waals surface area contributed by atoms with Crippen molar-refractivity contribution in [3.63, 3.8) is 0 Å². The smallest absolute Gasteiger partial charge is 0.162 e. The van der Waals surface area contributed by atoms with Gasteiger partial charge in [-0.25, -0.2) is 4.39 Å². The number of hydrogen-bond donors (Lipinski definition) is 0. The minimum absolute atomic E-state index is 0.00301. The molecule has 1 rings (SSSR count). The second-order valence-corrected chi connectivity index (χ2v) is 2.57. The fourth-order valence-electron chi connectivity index (χ4n) is 1.10. The van der Waals surface area contributed by atoms with Crippen LogP contribution in [0.1, 0.15) is 29.3 Å². The largest absolute Gasteiger partial charge is 0.294 e. The highest BCUT2D eigenvalue weighted by molar-refractivity contribution is 5.97. The number of benzene rings is 1. The Hall–Kier alpha value is -1.18. The van der Waals surface area contributed by atoms with Crippen LogP contribution in [0, 0.1) is 0 Å². The van der Waals surface area contributed by atoms with Crippen LogP contribution in [0.3, 0.4) is 0 Å². The summed E-state index contributed by atoms with van der Waals surface area (Å²) in [7, 11) is 0. The highest BCUT2D eigenvalue weighted by Gasteiger charge is 2.07. The number of ketones is 1. The van der Waals surface area contributed by atoms with E-state index in [0.717, 1.165) is 0 Å². The van der Waals surface area contributed by atoms with E-state index in [9.17, 15) is 9.18 Å². The van der Waals surface area contributed by atoms with Gasteiger partial charge < -0.3 is 0 Å². The summed E-state index contributed by atoms with van der Waals surface area (Å²) < 4.78 is 12.3. The molecule has 0 aliphatic heterocycles. The van der Waals surface area contributed by atoms with E-state index in [-0.39, 0.29) is 5.78 Å². The van der Waals surface area contributed by atoms with E-state index in [0.29, 0.717) is 17.5 Å². The molecule has 0 N–H and O–H groups in total. The van der Waals surface area contributed by atoms with Crippen LogP contribution >= 0.6 is 0 Å². The molecule has 0 atom stereocenters. The molecule has 0 fully saturated rings. The normalized spacial score (nSPS) is 9.83. The topological polar surface area (TPSA) is 17.1 Å². The van der Waals surface area contributed by atoms with Crippen LogP contribution in [-0.4, -0.2) is 5.78 Å². The van der Waals surface area contributed by atoms with Crippen molar-refractivity contribution in [2.75, 3.05) is 0 Å². The number of carbonyl (C=O) groups is 1. The molecule has 0 aliphatic rings. The third-order valence-corrected chi connectivity index (χ3v) is 1.78. The first kappa shape index (κ1) is 8.91. The molecule has 0 bridgehead atoms. The van der Waals surface area contributed by atoms with Gasteiger partial charge in [-0.1, -0.05) is 31.2 Å². The molecular weight excluding hydrogens is 155 g/mol. The third kappa shape index (κ3) is 1.70. The van der Waals surface area contributed by atoms with Gasteiger partial charge in [-0.15, -0.1) is 0 Å². The van der Waals surface area contributed by atoms with E-state index in [1.807, 2.05) is 0 Å². The van der Waals surface area contributed by atoms with Crippen molar-refractivity contribution >= 4 is 5.78 Å². The molecule has 0 aliphatic carbocycles. The summed E-state index contributed by atoms with van der Waals surface area (Å²) in [5.74, 6) is 0.00301. The summed E-state index contributed by atoms with van der Waals surface area (Å²) in [6, 6.07) is 6.80.